The minimum atomic E-state index is -0.891. The Morgan fingerprint density at radius 1 is 1.08 bits per heavy atom. The van der Waals surface area contributed by atoms with E-state index >= 15 is 0 Å². The van der Waals surface area contributed by atoms with Crippen molar-refractivity contribution in [2.24, 2.45) is 0 Å². The number of benzene rings is 2. The first-order valence-electron chi connectivity index (χ1n) is 7.77. The van der Waals surface area contributed by atoms with Gasteiger partial charge < -0.3 is 10.4 Å². The fraction of sp³-hybridized carbons (Fsp3) is 0.105. The number of hydrogen-bond acceptors (Lipinski definition) is 3. The highest BCUT2D eigenvalue weighted by molar-refractivity contribution is 6.07. The summed E-state index contributed by atoms with van der Waals surface area (Å²) in [5, 5.41) is 18.5. The molecule has 0 fully saturated rings. The maximum absolute atomic E-state index is 12.6. The van der Waals surface area contributed by atoms with Crippen molar-refractivity contribution in [1.82, 2.24) is 10.2 Å². The van der Waals surface area contributed by atoms with Crippen molar-refractivity contribution in [3.63, 3.8) is 0 Å². The summed E-state index contributed by atoms with van der Waals surface area (Å²) in [7, 11) is 0. The van der Waals surface area contributed by atoms with Crippen LogP contribution >= 0.6 is 0 Å². The number of nitrogens with one attached hydrogen (secondary N) is 2. The van der Waals surface area contributed by atoms with E-state index in [0.717, 1.165) is 16.8 Å². The van der Waals surface area contributed by atoms with Gasteiger partial charge in [0.15, 0.2) is 0 Å². The van der Waals surface area contributed by atoms with Crippen LogP contribution in [-0.4, -0.2) is 27.2 Å². The molecule has 0 saturated carbocycles. The Kier molecular flexibility index (Phi) is 4.61. The van der Waals surface area contributed by atoms with Crippen molar-refractivity contribution >= 4 is 17.6 Å². The zero-order valence-corrected chi connectivity index (χ0v) is 13.6. The predicted molar refractivity (Wildman–Crippen MR) is 94.5 cm³/mol. The van der Waals surface area contributed by atoms with Crippen LogP contribution in [0.15, 0.2) is 54.6 Å². The van der Waals surface area contributed by atoms with Crippen LogP contribution in [0.4, 0.5) is 5.69 Å². The second-order valence-corrected chi connectivity index (χ2v) is 5.65. The molecule has 3 aromatic rings. The number of carbonyl (C=O) groups is 2. The van der Waals surface area contributed by atoms with Crippen LogP contribution in [0.5, 0.6) is 0 Å². The van der Waals surface area contributed by atoms with E-state index < -0.39 is 5.97 Å². The van der Waals surface area contributed by atoms with E-state index in [2.05, 4.69) is 15.5 Å². The quantitative estimate of drug-likeness (QED) is 0.667. The molecule has 1 heterocycles. The number of carbonyl (C=O) groups excluding carboxylic acids is 1. The molecule has 0 aliphatic heterocycles. The minimum Gasteiger partial charge on any atom is -0.481 e. The standard InChI is InChI=1S/C19H17N3O3/c1-12-17(14-5-3-2-4-6-14)18(22-21-12)19(25)20-15-9-7-13(8-10-15)11-16(23)24/h2-10H,11H2,1H3,(H,20,25)(H,21,22)(H,23,24). The van der Waals surface area contributed by atoms with Gasteiger partial charge in [-0.25, -0.2) is 0 Å². The second kappa shape index (κ2) is 7.00. The lowest BCUT2D eigenvalue weighted by molar-refractivity contribution is -0.136. The third kappa shape index (κ3) is 3.74. The molecule has 0 aliphatic carbocycles. The predicted octanol–water partition coefficient (Wildman–Crippen LogP) is 3.26. The van der Waals surface area contributed by atoms with Gasteiger partial charge in [0.1, 0.15) is 5.69 Å². The van der Waals surface area contributed by atoms with Gasteiger partial charge in [0.2, 0.25) is 0 Å². The number of aromatic amines is 1. The summed E-state index contributed by atoms with van der Waals surface area (Å²) in [4.78, 5) is 23.3. The van der Waals surface area contributed by atoms with Crippen molar-refractivity contribution in [3.05, 3.63) is 71.5 Å². The van der Waals surface area contributed by atoms with E-state index in [0.29, 0.717) is 16.9 Å². The highest BCUT2D eigenvalue weighted by atomic mass is 16.4. The molecule has 0 unspecified atom stereocenters. The largest absolute Gasteiger partial charge is 0.481 e. The average molecular weight is 335 g/mol. The summed E-state index contributed by atoms with van der Waals surface area (Å²) < 4.78 is 0. The van der Waals surface area contributed by atoms with Gasteiger partial charge in [-0.3, -0.25) is 14.7 Å². The summed E-state index contributed by atoms with van der Waals surface area (Å²) in [5.41, 5.74) is 4.07. The number of anilines is 1. The molecule has 126 valence electrons. The van der Waals surface area contributed by atoms with Crippen LogP contribution in [0.2, 0.25) is 0 Å². The highest BCUT2D eigenvalue weighted by Crippen LogP contribution is 2.26. The molecule has 3 rings (SSSR count). The van der Waals surface area contributed by atoms with Crippen LogP contribution in [-0.2, 0) is 11.2 Å². The Hall–Kier alpha value is -3.41. The van der Waals surface area contributed by atoms with Crippen LogP contribution in [0.1, 0.15) is 21.7 Å². The summed E-state index contributed by atoms with van der Waals surface area (Å²) in [6.45, 7) is 1.84. The summed E-state index contributed by atoms with van der Waals surface area (Å²) in [5.74, 6) is -1.19. The number of aryl methyl sites for hydroxylation is 1. The number of aliphatic carboxylic acids is 1. The summed E-state index contributed by atoms with van der Waals surface area (Å²) in [6, 6.07) is 16.3. The molecule has 1 aromatic heterocycles. The van der Waals surface area contributed by atoms with Gasteiger partial charge in [-0.15, -0.1) is 0 Å². The first kappa shape index (κ1) is 16.4. The van der Waals surface area contributed by atoms with Crippen molar-refractivity contribution in [3.8, 4) is 11.1 Å². The SMILES string of the molecule is Cc1n[nH]c(C(=O)Nc2ccc(CC(=O)O)cc2)c1-c1ccccc1. The van der Waals surface area contributed by atoms with E-state index in [-0.39, 0.29) is 12.3 Å². The highest BCUT2D eigenvalue weighted by Gasteiger charge is 2.18. The molecule has 0 saturated heterocycles. The third-order valence-corrected chi connectivity index (χ3v) is 3.80. The Bertz CT molecular complexity index is 899. The molecule has 6 nitrogen and oxygen atoms in total. The number of aromatic nitrogens is 2. The Morgan fingerprint density at radius 2 is 1.76 bits per heavy atom. The van der Waals surface area contributed by atoms with Gasteiger partial charge in [0.25, 0.3) is 5.91 Å². The van der Waals surface area contributed by atoms with E-state index in [9.17, 15) is 9.59 Å². The fourth-order valence-electron chi connectivity index (χ4n) is 2.63. The van der Waals surface area contributed by atoms with Gasteiger partial charge in [0.05, 0.1) is 12.1 Å². The molecular formula is C19H17N3O3. The van der Waals surface area contributed by atoms with Crippen molar-refractivity contribution in [2.75, 3.05) is 5.32 Å². The van der Waals surface area contributed by atoms with Gasteiger partial charge in [-0.2, -0.15) is 5.10 Å². The normalized spacial score (nSPS) is 10.4. The molecule has 0 spiro atoms. The third-order valence-electron chi connectivity index (χ3n) is 3.80. The minimum absolute atomic E-state index is 0.0495. The van der Waals surface area contributed by atoms with Gasteiger partial charge in [0, 0.05) is 11.3 Å². The van der Waals surface area contributed by atoms with E-state index in [1.54, 1.807) is 24.3 Å². The van der Waals surface area contributed by atoms with E-state index in [1.807, 2.05) is 37.3 Å². The zero-order valence-electron chi connectivity index (χ0n) is 13.6. The molecular weight excluding hydrogens is 318 g/mol. The fourth-order valence-corrected chi connectivity index (χ4v) is 2.63. The van der Waals surface area contributed by atoms with Gasteiger partial charge >= 0.3 is 5.97 Å². The first-order valence-corrected chi connectivity index (χ1v) is 7.77. The molecule has 0 radical (unpaired) electrons. The van der Waals surface area contributed by atoms with Gasteiger partial charge in [-0.05, 0) is 30.2 Å². The molecule has 0 bridgehead atoms. The van der Waals surface area contributed by atoms with E-state index in [4.69, 9.17) is 5.11 Å². The smallest absolute Gasteiger partial charge is 0.307 e. The number of amides is 1. The van der Waals surface area contributed by atoms with Gasteiger partial charge in [-0.1, -0.05) is 42.5 Å². The van der Waals surface area contributed by atoms with E-state index in [1.165, 1.54) is 0 Å². The molecule has 0 atom stereocenters. The summed E-state index contributed by atoms with van der Waals surface area (Å²) >= 11 is 0. The van der Waals surface area contributed by atoms with Crippen molar-refractivity contribution < 1.29 is 14.7 Å². The molecule has 6 heteroatoms. The lowest BCUT2D eigenvalue weighted by Gasteiger charge is -2.07. The van der Waals surface area contributed by atoms with Crippen molar-refractivity contribution in [2.45, 2.75) is 13.3 Å². The lowest BCUT2D eigenvalue weighted by Crippen LogP contribution is -2.13. The number of carboxylic acid groups (broad SMARTS) is 1. The first-order chi connectivity index (χ1) is 12.0. The lowest BCUT2D eigenvalue weighted by atomic mass is 10.0. The molecule has 0 aliphatic rings. The molecule has 2 aromatic carbocycles. The number of H-pyrrole nitrogens is 1. The number of nitrogens with zero attached hydrogens (tertiary/aromatic N) is 1. The Labute approximate surface area is 144 Å². The molecule has 1 amide bonds. The molecule has 25 heavy (non-hydrogen) atoms. The average Bonchev–Trinajstić information content (AvgIpc) is 2.99. The number of hydrogen-bond donors (Lipinski definition) is 3. The number of rotatable bonds is 5. The second-order valence-electron chi connectivity index (χ2n) is 5.65. The molecule has 3 N–H and O–H groups in total. The topological polar surface area (TPSA) is 95.1 Å². The van der Waals surface area contributed by atoms with Crippen LogP contribution in [0.3, 0.4) is 0 Å². The maximum Gasteiger partial charge on any atom is 0.307 e. The Balaban J connectivity index is 1.82. The summed E-state index contributed by atoms with van der Waals surface area (Å²) in [6.07, 6.45) is -0.0495. The Morgan fingerprint density at radius 3 is 2.40 bits per heavy atom. The van der Waals surface area contributed by atoms with Crippen LogP contribution < -0.4 is 5.32 Å². The maximum atomic E-state index is 12.6. The zero-order chi connectivity index (χ0) is 17.8. The number of carboxylic acids is 1. The van der Waals surface area contributed by atoms with Crippen LogP contribution in [0.25, 0.3) is 11.1 Å². The van der Waals surface area contributed by atoms with Crippen LogP contribution in [0, 0.1) is 6.92 Å². The monoisotopic (exact) mass is 335 g/mol. The van der Waals surface area contributed by atoms with Crippen molar-refractivity contribution in [1.29, 1.82) is 0 Å².